The Labute approximate surface area is 78.5 Å². The number of aromatic nitrogens is 2. The second-order valence-electron chi connectivity index (χ2n) is 3.08. The molecule has 4 nitrogen and oxygen atoms in total. The van der Waals surface area contributed by atoms with E-state index in [1.54, 1.807) is 12.3 Å². The predicted octanol–water partition coefficient (Wildman–Crippen LogP) is 2.12. The zero-order valence-electron chi connectivity index (χ0n) is 7.15. The molecule has 0 saturated heterocycles. The molecule has 0 aliphatic carbocycles. The Bertz CT molecular complexity index is 621. The number of fused-ring (bicyclic) bond motifs is 3. The molecular formula is C10H6N2O2. The molecule has 0 atom stereocenters. The molecule has 2 heterocycles. The Morgan fingerprint density at radius 3 is 3.21 bits per heavy atom. The van der Waals surface area contributed by atoms with Crippen LogP contribution in [0.2, 0.25) is 0 Å². The Balaban J connectivity index is 2.54. The highest BCUT2D eigenvalue weighted by atomic mass is 16.3. The minimum absolute atomic E-state index is 0.335. The molecule has 1 aromatic carbocycles. The molecule has 0 spiro atoms. The minimum atomic E-state index is 0.335. The smallest absolute Gasteiger partial charge is 0.185 e. The summed E-state index contributed by atoms with van der Waals surface area (Å²) in [5, 5.41) is 8.71. The van der Waals surface area contributed by atoms with Crippen molar-refractivity contribution in [2.75, 3.05) is 0 Å². The molecule has 0 unspecified atom stereocenters. The number of hydrogen-bond acceptors (Lipinski definition) is 3. The van der Waals surface area contributed by atoms with Gasteiger partial charge in [0.1, 0.15) is 5.58 Å². The van der Waals surface area contributed by atoms with Gasteiger partial charge in [0.25, 0.3) is 0 Å². The molecular weight excluding hydrogens is 180 g/mol. The average molecular weight is 186 g/mol. The number of benzene rings is 1. The highest BCUT2D eigenvalue weighted by Crippen LogP contribution is 2.25. The van der Waals surface area contributed by atoms with E-state index < -0.39 is 0 Å². The summed E-state index contributed by atoms with van der Waals surface area (Å²) in [6.07, 6.45) is 2.44. The molecule has 0 fully saturated rings. The summed E-state index contributed by atoms with van der Waals surface area (Å²) < 4.78 is 5.28. The van der Waals surface area contributed by atoms with Gasteiger partial charge in [-0.25, -0.2) is 0 Å². The van der Waals surface area contributed by atoms with Crippen LogP contribution < -0.4 is 0 Å². The zero-order valence-corrected chi connectivity index (χ0v) is 7.15. The van der Waals surface area contributed by atoms with Crippen LogP contribution in [0.1, 0.15) is 10.6 Å². The fraction of sp³-hybridized carbons (Fsp3) is 0. The van der Waals surface area contributed by atoms with Gasteiger partial charge < -0.3 is 4.42 Å². The second-order valence-corrected chi connectivity index (χ2v) is 3.08. The summed E-state index contributed by atoms with van der Waals surface area (Å²) in [6.45, 7) is 0. The number of carbonyl (C=O) groups excluding carboxylic acids is 1. The minimum Gasteiger partial charge on any atom is -0.453 e. The van der Waals surface area contributed by atoms with E-state index in [1.807, 2.05) is 12.1 Å². The van der Waals surface area contributed by atoms with Crippen LogP contribution >= 0.6 is 0 Å². The lowest BCUT2D eigenvalue weighted by atomic mass is 10.2. The second kappa shape index (κ2) is 2.45. The fourth-order valence-corrected chi connectivity index (χ4v) is 1.61. The molecule has 0 saturated carbocycles. The van der Waals surface area contributed by atoms with Gasteiger partial charge in [-0.3, -0.25) is 9.89 Å². The maximum absolute atomic E-state index is 10.5. The topological polar surface area (TPSA) is 58.9 Å². The largest absolute Gasteiger partial charge is 0.453 e. The molecule has 68 valence electrons. The third-order valence-corrected chi connectivity index (χ3v) is 2.25. The zero-order chi connectivity index (χ0) is 9.54. The van der Waals surface area contributed by atoms with E-state index in [2.05, 4.69) is 10.2 Å². The molecule has 2 aromatic heterocycles. The maximum Gasteiger partial charge on any atom is 0.185 e. The predicted molar refractivity (Wildman–Crippen MR) is 51.3 cm³/mol. The van der Waals surface area contributed by atoms with Crippen molar-refractivity contribution >= 4 is 28.2 Å². The van der Waals surface area contributed by atoms with Crippen molar-refractivity contribution in [3.8, 4) is 0 Å². The molecule has 0 aliphatic rings. The monoisotopic (exact) mass is 186 g/mol. The number of carbonyl (C=O) groups is 1. The summed E-state index contributed by atoms with van der Waals surface area (Å²) in [5.41, 5.74) is 1.60. The van der Waals surface area contributed by atoms with E-state index in [9.17, 15) is 4.79 Å². The molecule has 0 aliphatic heterocycles. The SMILES string of the molecule is O=Cc1cc2c(ccc3cn[nH]c32)o1. The normalized spacial score (nSPS) is 11.1. The third-order valence-electron chi connectivity index (χ3n) is 2.25. The van der Waals surface area contributed by atoms with Crippen LogP contribution in [0.5, 0.6) is 0 Å². The Morgan fingerprint density at radius 2 is 2.36 bits per heavy atom. The van der Waals surface area contributed by atoms with Crippen molar-refractivity contribution < 1.29 is 9.21 Å². The lowest BCUT2D eigenvalue weighted by Gasteiger charge is -1.88. The van der Waals surface area contributed by atoms with Crippen LogP contribution in [-0.4, -0.2) is 16.5 Å². The van der Waals surface area contributed by atoms with Gasteiger partial charge in [-0.2, -0.15) is 5.10 Å². The van der Waals surface area contributed by atoms with Crippen molar-refractivity contribution in [3.63, 3.8) is 0 Å². The van der Waals surface area contributed by atoms with E-state index in [-0.39, 0.29) is 0 Å². The Morgan fingerprint density at radius 1 is 1.43 bits per heavy atom. The van der Waals surface area contributed by atoms with Crippen LogP contribution in [0, 0.1) is 0 Å². The van der Waals surface area contributed by atoms with Gasteiger partial charge in [-0.05, 0) is 18.2 Å². The number of H-pyrrole nitrogens is 1. The van der Waals surface area contributed by atoms with Crippen LogP contribution in [0.25, 0.3) is 21.9 Å². The van der Waals surface area contributed by atoms with Gasteiger partial charge in [0.15, 0.2) is 12.0 Å². The quantitative estimate of drug-likeness (QED) is 0.592. The van der Waals surface area contributed by atoms with Gasteiger partial charge in [-0.1, -0.05) is 0 Å². The molecule has 3 aromatic rings. The number of nitrogens with one attached hydrogen (secondary N) is 1. The van der Waals surface area contributed by atoms with Crippen LogP contribution in [0.3, 0.4) is 0 Å². The maximum atomic E-state index is 10.5. The summed E-state index contributed by atoms with van der Waals surface area (Å²) in [4.78, 5) is 10.5. The lowest BCUT2D eigenvalue weighted by Crippen LogP contribution is -1.69. The first-order valence-electron chi connectivity index (χ1n) is 4.19. The first kappa shape index (κ1) is 7.32. The Kier molecular flexibility index (Phi) is 1.28. The lowest BCUT2D eigenvalue weighted by molar-refractivity contribution is 0.110. The molecule has 0 bridgehead atoms. The van der Waals surface area contributed by atoms with Crippen LogP contribution in [0.4, 0.5) is 0 Å². The van der Waals surface area contributed by atoms with E-state index >= 15 is 0 Å². The van der Waals surface area contributed by atoms with E-state index in [0.717, 1.165) is 16.3 Å². The van der Waals surface area contributed by atoms with Crippen molar-refractivity contribution in [2.24, 2.45) is 0 Å². The highest BCUT2D eigenvalue weighted by molar-refractivity contribution is 6.04. The van der Waals surface area contributed by atoms with Crippen molar-refractivity contribution in [1.82, 2.24) is 10.2 Å². The van der Waals surface area contributed by atoms with Crippen LogP contribution in [0.15, 0.2) is 28.8 Å². The molecule has 1 N–H and O–H groups in total. The van der Waals surface area contributed by atoms with Crippen molar-refractivity contribution in [1.29, 1.82) is 0 Å². The summed E-state index contributed by atoms with van der Waals surface area (Å²) in [5.74, 6) is 0.335. The molecule has 3 rings (SSSR count). The first-order valence-corrected chi connectivity index (χ1v) is 4.19. The number of hydrogen-bond donors (Lipinski definition) is 1. The van der Waals surface area contributed by atoms with Crippen molar-refractivity contribution in [2.45, 2.75) is 0 Å². The summed E-state index contributed by atoms with van der Waals surface area (Å²) in [7, 11) is 0. The van der Waals surface area contributed by atoms with Gasteiger partial charge >= 0.3 is 0 Å². The Hall–Kier alpha value is -2.10. The highest BCUT2D eigenvalue weighted by Gasteiger charge is 2.07. The summed E-state index contributed by atoms with van der Waals surface area (Å²) >= 11 is 0. The average Bonchev–Trinajstić information content (AvgIpc) is 2.82. The number of aldehydes is 1. The van der Waals surface area contributed by atoms with Gasteiger partial charge in [0, 0.05) is 10.8 Å². The third kappa shape index (κ3) is 0.821. The number of rotatable bonds is 1. The van der Waals surface area contributed by atoms with Gasteiger partial charge in [0.05, 0.1) is 11.7 Å². The number of nitrogens with zero attached hydrogens (tertiary/aromatic N) is 1. The van der Waals surface area contributed by atoms with Crippen LogP contribution in [-0.2, 0) is 0 Å². The van der Waals surface area contributed by atoms with Gasteiger partial charge in [-0.15, -0.1) is 0 Å². The number of furan rings is 1. The van der Waals surface area contributed by atoms with E-state index in [1.165, 1.54) is 0 Å². The molecule has 0 amide bonds. The van der Waals surface area contributed by atoms with Crippen molar-refractivity contribution in [3.05, 3.63) is 30.2 Å². The van der Waals surface area contributed by atoms with E-state index in [0.29, 0.717) is 17.6 Å². The molecule has 4 heteroatoms. The standard InChI is InChI=1S/C10H6N2O2/c13-5-7-3-8-9(14-7)2-1-6-4-11-12-10(6)8/h1-5H,(H,11,12). The molecule has 14 heavy (non-hydrogen) atoms. The fourth-order valence-electron chi connectivity index (χ4n) is 1.61. The molecule has 0 radical (unpaired) electrons. The summed E-state index contributed by atoms with van der Waals surface area (Å²) in [6, 6.07) is 5.45. The van der Waals surface area contributed by atoms with Gasteiger partial charge in [0.2, 0.25) is 0 Å². The van der Waals surface area contributed by atoms with E-state index in [4.69, 9.17) is 4.42 Å². The number of aromatic amines is 1. The first-order chi connectivity index (χ1) is 6.88.